The third-order valence-electron chi connectivity index (χ3n) is 3.99. The maximum absolute atomic E-state index is 8.89. The molecule has 0 spiro atoms. The second kappa shape index (κ2) is 5.41. The van der Waals surface area contributed by atoms with Crippen molar-refractivity contribution in [3.8, 4) is 6.07 Å². The Morgan fingerprint density at radius 2 is 2.16 bits per heavy atom. The number of aromatic nitrogens is 2. The van der Waals surface area contributed by atoms with Crippen LogP contribution in [-0.4, -0.2) is 16.0 Å². The number of benzene rings is 1. The lowest BCUT2D eigenvalue weighted by molar-refractivity contribution is 0.331. The smallest absolute Gasteiger partial charge is 0.0931 e. The molecule has 1 fully saturated rings. The molecule has 4 nitrogen and oxygen atoms in total. The van der Waals surface area contributed by atoms with Crippen LogP contribution in [0.2, 0.25) is 0 Å². The van der Waals surface area contributed by atoms with Gasteiger partial charge in [-0.3, -0.25) is 0 Å². The lowest BCUT2D eigenvalue weighted by Gasteiger charge is -2.25. The second-order valence-electron chi connectivity index (χ2n) is 5.31. The normalized spacial score (nSPS) is 23.3. The number of nitrogens with one attached hydrogen (secondary N) is 2. The molecule has 1 heterocycles. The van der Waals surface area contributed by atoms with Gasteiger partial charge in [-0.1, -0.05) is 6.07 Å². The van der Waals surface area contributed by atoms with Crippen molar-refractivity contribution < 1.29 is 0 Å². The Labute approximate surface area is 112 Å². The highest BCUT2D eigenvalue weighted by Crippen LogP contribution is 2.23. The minimum absolute atomic E-state index is 0.277. The van der Waals surface area contributed by atoms with Gasteiger partial charge in [0.15, 0.2) is 0 Å². The molecule has 98 valence electrons. The average Bonchev–Trinajstić information content (AvgIpc) is 2.93. The summed E-state index contributed by atoms with van der Waals surface area (Å²) in [5, 5.41) is 12.5. The van der Waals surface area contributed by atoms with E-state index >= 15 is 0 Å². The first-order valence-electron chi connectivity index (χ1n) is 6.90. The zero-order valence-corrected chi connectivity index (χ0v) is 10.9. The van der Waals surface area contributed by atoms with Crippen molar-refractivity contribution in [1.29, 1.82) is 5.26 Å². The van der Waals surface area contributed by atoms with E-state index in [9.17, 15) is 0 Å². The second-order valence-corrected chi connectivity index (χ2v) is 5.31. The average molecular weight is 254 g/mol. The molecule has 0 radical (unpaired) electrons. The minimum atomic E-state index is 0.277. The summed E-state index contributed by atoms with van der Waals surface area (Å²) in [4.78, 5) is 7.36. The molecule has 0 atom stereocenters. The maximum Gasteiger partial charge on any atom is 0.0931 e. The van der Waals surface area contributed by atoms with Crippen LogP contribution in [0.25, 0.3) is 11.0 Å². The third-order valence-corrected chi connectivity index (χ3v) is 3.99. The van der Waals surface area contributed by atoms with E-state index in [4.69, 9.17) is 5.26 Å². The molecule has 0 aliphatic heterocycles. The van der Waals surface area contributed by atoms with Crippen LogP contribution < -0.4 is 5.32 Å². The predicted molar refractivity (Wildman–Crippen MR) is 74.3 cm³/mol. The summed E-state index contributed by atoms with van der Waals surface area (Å²) in [6.45, 7) is 0.886. The molecule has 1 saturated carbocycles. The van der Waals surface area contributed by atoms with E-state index in [1.807, 2.05) is 0 Å². The molecule has 1 aromatic heterocycles. The van der Waals surface area contributed by atoms with E-state index in [-0.39, 0.29) is 5.92 Å². The van der Waals surface area contributed by atoms with Crippen molar-refractivity contribution in [1.82, 2.24) is 15.3 Å². The van der Waals surface area contributed by atoms with E-state index in [1.165, 1.54) is 5.56 Å². The van der Waals surface area contributed by atoms with Gasteiger partial charge in [-0.05, 0) is 43.4 Å². The summed E-state index contributed by atoms with van der Waals surface area (Å²) < 4.78 is 0. The van der Waals surface area contributed by atoms with Gasteiger partial charge >= 0.3 is 0 Å². The fourth-order valence-corrected chi connectivity index (χ4v) is 2.78. The fourth-order valence-electron chi connectivity index (χ4n) is 2.78. The summed E-state index contributed by atoms with van der Waals surface area (Å²) in [6, 6.07) is 9.26. The Morgan fingerprint density at radius 1 is 1.32 bits per heavy atom. The molecule has 1 aliphatic rings. The van der Waals surface area contributed by atoms with Crippen LogP contribution in [-0.2, 0) is 6.54 Å². The van der Waals surface area contributed by atoms with Gasteiger partial charge in [0, 0.05) is 18.5 Å². The van der Waals surface area contributed by atoms with Crippen molar-refractivity contribution in [3.63, 3.8) is 0 Å². The first-order chi connectivity index (χ1) is 9.35. The van der Waals surface area contributed by atoms with Crippen LogP contribution in [0.15, 0.2) is 24.5 Å². The molecule has 0 bridgehead atoms. The topological polar surface area (TPSA) is 64.5 Å². The van der Waals surface area contributed by atoms with Crippen molar-refractivity contribution in [2.45, 2.75) is 38.3 Å². The number of rotatable bonds is 3. The van der Waals surface area contributed by atoms with Gasteiger partial charge in [0.05, 0.1) is 23.4 Å². The summed E-state index contributed by atoms with van der Waals surface area (Å²) in [5.41, 5.74) is 3.38. The van der Waals surface area contributed by atoms with Crippen LogP contribution >= 0.6 is 0 Å². The number of imidazole rings is 1. The number of nitriles is 1. The summed E-state index contributed by atoms with van der Waals surface area (Å²) in [6.07, 6.45) is 6.03. The van der Waals surface area contributed by atoms with Gasteiger partial charge in [0.1, 0.15) is 0 Å². The van der Waals surface area contributed by atoms with Crippen LogP contribution in [0.4, 0.5) is 0 Å². The van der Waals surface area contributed by atoms with Gasteiger partial charge in [-0.15, -0.1) is 0 Å². The molecule has 0 amide bonds. The van der Waals surface area contributed by atoms with Crippen LogP contribution in [0, 0.1) is 17.2 Å². The zero-order chi connectivity index (χ0) is 13.1. The van der Waals surface area contributed by atoms with Crippen molar-refractivity contribution >= 4 is 11.0 Å². The number of aromatic amines is 1. The van der Waals surface area contributed by atoms with Crippen molar-refractivity contribution in [2.75, 3.05) is 0 Å². The summed E-state index contributed by atoms with van der Waals surface area (Å²) >= 11 is 0. The fraction of sp³-hybridized carbons (Fsp3) is 0.467. The molecule has 1 aromatic carbocycles. The van der Waals surface area contributed by atoms with Gasteiger partial charge in [-0.25, -0.2) is 4.98 Å². The van der Waals surface area contributed by atoms with Gasteiger partial charge in [0.2, 0.25) is 0 Å². The SMILES string of the molecule is N#CC1CCC(NCc2ccc3nc[nH]c3c2)CC1. The monoisotopic (exact) mass is 254 g/mol. The Morgan fingerprint density at radius 3 is 2.95 bits per heavy atom. The highest BCUT2D eigenvalue weighted by atomic mass is 14.9. The lowest BCUT2D eigenvalue weighted by Crippen LogP contribution is -2.32. The summed E-state index contributed by atoms with van der Waals surface area (Å²) in [7, 11) is 0. The van der Waals surface area contributed by atoms with Crippen LogP contribution in [0.1, 0.15) is 31.2 Å². The van der Waals surface area contributed by atoms with E-state index < -0.39 is 0 Å². The number of fused-ring (bicyclic) bond motifs is 1. The Bertz CT molecular complexity index is 587. The number of hydrogen-bond acceptors (Lipinski definition) is 3. The van der Waals surface area contributed by atoms with Gasteiger partial charge < -0.3 is 10.3 Å². The Kier molecular flexibility index (Phi) is 3.47. The molecular formula is C15H18N4. The molecular weight excluding hydrogens is 236 g/mol. The van der Waals surface area contributed by atoms with Crippen LogP contribution in [0.5, 0.6) is 0 Å². The first-order valence-corrected chi connectivity index (χ1v) is 6.90. The first kappa shape index (κ1) is 12.2. The molecule has 2 N–H and O–H groups in total. The molecule has 3 rings (SSSR count). The van der Waals surface area contributed by atoms with E-state index in [2.05, 4.69) is 39.6 Å². The third kappa shape index (κ3) is 2.77. The predicted octanol–water partition coefficient (Wildman–Crippen LogP) is 2.73. The number of hydrogen-bond donors (Lipinski definition) is 2. The van der Waals surface area contributed by atoms with Crippen molar-refractivity contribution in [3.05, 3.63) is 30.1 Å². The lowest BCUT2D eigenvalue weighted by atomic mass is 9.87. The molecule has 4 heteroatoms. The molecule has 0 unspecified atom stereocenters. The van der Waals surface area contributed by atoms with Gasteiger partial charge in [-0.2, -0.15) is 5.26 Å². The van der Waals surface area contributed by atoms with Crippen LogP contribution in [0.3, 0.4) is 0 Å². The van der Waals surface area contributed by atoms with Gasteiger partial charge in [0.25, 0.3) is 0 Å². The zero-order valence-electron chi connectivity index (χ0n) is 10.9. The highest BCUT2D eigenvalue weighted by Gasteiger charge is 2.20. The van der Waals surface area contributed by atoms with E-state index in [0.29, 0.717) is 6.04 Å². The Hall–Kier alpha value is -1.86. The molecule has 19 heavy (non-hydrogen) atoms. The standard InChI is InChI=1S/C15H18N4/c16-8-11-1-4-13(5-2-11)17-9-12-3-6-14-15(7-12)19-10-18-14/h3,6-7,10-11,13,17H,1-2,4-5,9H2,(H,18,19). The molecule has 1 aliphatic carbocycles. The van der Waals surface area contributed by atoms with E-state index in [1.54, 1.807) is 6.33 Å². The highest BCUT2D eigenvalue weighted by molar-refractivity contribution is 5.74. The molecule has 2 aromatic rings. The maximum atomic E-state index is 8.89. The minimum Gasteiger partial charge on any atom is -0.345 e. The largest absolute Gasteiger partial charge is 0.345 e. The number of H-pyrrole nitrogens is 1. The number of nitrogens with zero attached hydrogens (tertiary/aromatic N) is 2. The van der Waals surface area contributed by atoms with E-state index in [0.717, 1.165) is 43.3 Å². The van der Waals surface area contributed by atoms with Crippen molar-refractivity contribution in [2.24, 2.45) is 5.92 Å². The summed E-state index contributed by atoms with van der Waals surface area (Å²) in [5.74, 6) is 0.277. The Balaban J connectivity index is 1.56. The molecule has 0 saturated heterocycles. The quantitative estimate of drug-likeness (QED) is 0.885.